The SMILES string of the molecule is CC/C=C\C/C=C\C/C=C\C/C=C\C/C=C\CCCCCCCCCCCCCC(=O)OCC(O)COP(=O)(O)OCC(O)COP(=O)(O)OCC(COC(=O)CCCCCCCCCCCCC/C=C\C/C=C\C/C=C\C/C=C\C/C=C\CC)OC(=O)CCCCCCC/C=C\C/C=C\CCC. The van der Waals surface area contributed by atoms with Crippen LogP contribution in [-0.2, 0) is 55.8 Å². The number of hydrogen-bond acceptors (Lipinski definition) is 14. The van der Waals surface area contributed by atoms with Gasteiger partial charge in [0.15, 0.2) is 6.10 Å². The van der Waals surface area contributed by atoms with Gasteiger partial charge >= 0.3 is 33.6 Å². The summed E-state index contributed by atoms with van der Waals surface area (Å²) < 4.78 is 61.1. The summed E-state index contributed by atoms with van der Waals surface area (Å²) in [5.74, 6) is -1.60. The fourth-order valence-electron chi connectivity index (χ4n) is 10.5. The van der Waals surface area contributed by atoms with Crippen LogP contribution in [0.1, 0.15) is 316 Å². The van der Waals surface area contributed by atoms with Crippen molar-refractivity contribution in [3.8, 4) is 0 Å². The lowest BCUT2D eigenvalue weighted by Crippen LogP contribution is -2.30. The predicted octanol–water partition coefficient (Wildman–Crippen LogP) is 23.7. The molecular formula is C85H144O16P2. The highest BCUT2D eigenvalue weighted by atomic mass is 31.2. The highest BCUT2D eigenvalue weighted by Crippen LogP contribution is 2.45. The summed E-state index contributed by atoms with van der Waals surface area (Å²) in [6, 6.07) is 0. The summed E-state index contributed by atoms with van der Waals surface area (Å²) in [4.78, 5) is 58.7. The minimum atomic E-state index is -4.94. The molecule has 0 aliphatic heterocycles. The van der Waals surface area contributed by atoms with Crippen molar-refractivity contribution in [1.82, 2.24) is 0 Å². The second-order valence-electron chi connectivity index (χ2n) is 26.5. The van der Waals surface area contributed by atoms with Gasteiger partial charge in [0, 0.05) is 19.3 Å². The molecule has 5 atom stereocenters. The number of esters is 3. The Kier molecular flexibility index (Phi) is 73.6. The van der Waals surface area contributed by atoms with E-state index in [1.54, 1.807) is 0 Å². The lowest BCUT2D eigenvalue weighted by molar-refractivity contribution is -0.161. The van der Waals surface area contributed by atoms with Crippen LogP contribution in [0.4, 0.5) is 0 Å². The van der Waals surface area contributed by atoms with Gasteiger partial charge in [-0.1, -0.05) is 308 Å². The van der Waals surface area contributed by atoms with Gasteiger partial charge in [-0.2, -0.15) is 0 Å². The number of rotatable bonds is 75. The lowest BCUT2D eigenvalue weighted by atomic mass is 10.0. The molecule has 0 bridgehead atoms. The number of phosphoric acid groups is 2. The first-order chi connectivity index (χ1) is 50.2. The Bertz CT molecular complexity index is 2450. The summed E-state index contributed by atoms with van der Waals surface area (Å²) in [6.07, 6.45) is 94.7. The van der Waals surface area contributed by atoms with Crippen LogP contribution in [0, 0.1) is 0 Å². The molecule has 0 aromatic carbocycles. The molecule has 0 saturated heterocycles. The number of phosphoric ester groups is 2. The van der Waals surface area contributed by atoms with E-state index in [0.29, 0.717) is 19.3 Å². The van der Waals surface area contributed by atoms with E-state index in [1.807, 2.05) is 0 Å². The van der Waals surface area contributed by atoms with Gasteiger partial charge < -0.3 is 34.2 Å². The van der Waals surface area contributed by atoms with E-state index in [4.69, 9.17) is 32.3 Å². The number of aliphatic hydroxyl groups is 2. The summed E-state index contributed by atoms with van der Waals surface area (Å²) >= 11 is 0. The van der Waals surface area contributed by atoms with Crippen LogP contribution in [0.15, 0.2) is 146 Å². The van der Waals surface area contributed by atoms with E-state index in [-0.39, 0.29) is 19.3 Å². The highest BCUT2D eigenvalue weighted by molar-refractivity contribution is 7.47. The molecule has 0 aromatic rings. The maximum absolute atomic E-state index is 13.0. The number of carbonyl (C=O) groups is 3. The molecule has 5 unspecified atom stereocenters. The third-order valence-electron chi connectivity index (χ3n) is 16.5. The van der Waals surface area contributed by atoms with E-state index >= 15 is 0 Å². The zero-order valence-corrected chi connectivity index (χ0v) is 66.2. The van der Waals surface area contributed by atoms with Crippen molar-refractivity contribution < 1.29 is 75.8 Å². The Balaban J connectivity index is 4.52. The van der Waals surface area contributed by atoms with Crippen LogP contribution in [0.2, 0.25) is 0 Å². The first kappa shape index (κ1) is 98.4. The minimum absolute atomic E-state index is 0.0849. The first-order valence-corrected chi connectivity index (χ1v) is 43.1. The lowest BCUT2D eigenvalue weighted by Gasteiger charge is -2.21. The summed E-state index contributed by atoms with van der Waals surface area (Å²) in [5, 5.41) is 20.6. The molecule has 0 aliphatic carbocycles. The predicted molar refractivity (Wildman–Crippen MR) is 426 cm³/mol. The molecule has 0 heterocycles. The molecule has 590 valence electrons. The van der Waals surface area contributed by atoms with Gasteiger partial charge in [-0.25, -0.2) is 9.13 Å². The second-order valence-corrected chi connectivity index (χ2v) is 29.4. The molecule has 0 amide bonds. The Morgan fingerprint density at radius 3 is 0.816 bits per heavy atom. The van der Waals surface area contributed by atoms with E-state index in [1.165, 1.54) is 83.5 Å². The van der Waals surface area contributed by atoms with Crippen molar-refractivity contribution in [3.63, 3.8) is 0 Å². The van der Waals surface area contributed by atoms with E-state index in [2.05, 4.69) is 167 Å². The average Bonchev–Trinajstić information content (AvgIpc) is 0.924. The van der Waals surface area contributed by atoms with Crippen LogP contribution in [0.3, 0.4) is 0 Å². The van der Waals surface area contributed by atoms with Crippen LogP contribution in [-0.4, -0.2) is 95.9 Å². The van der Waals surface area contributed by atoms with Crippen molar-refractivity contribution in [1.29, 1.82) is 0 Å². The van der Waals surface area contributed by atoms with Crippen molar-refractivity contribution >= 4 is 33.6 Å². The van der Waals surface area contributed by atoms with Crippen LogP contribution < -0.4 is 0 Å². The van der Waals surface area contributed by atoms with Gasteiger partial charge in [-0.3, -0.25) is 32.5 Å². The summed E-state index contributed by atoms with van der Waals surface area (Å²) in [5.41, 5.74) is 0. The van der Waals surface area contributed by atoms with Crippen LogP contribution in [0.25, 0.3) is 0 Å². The molecule has 0 radical (unpaired) electrons. The topological polar surface area (TPSA) is 231 Å². The Hall–Kier alpha value is -4.57. The average molecular weight is 1480 g/mol. The van der Waals surface area contributed by atoms with Gasteiger partial charge in [-0.05, 0) is 135 Å². The number of ether oxygens (including phenoxy) is 3. The van der Waals surface area contributed by atoms with Crippen molar-refractivity contribution in [2.45, 2.75) is 334 Å². The molecule has 0 spiro atoms. The molecule has 0 saturated carbocycles. The van der Waals surface area contributed by atoms with E-state index < -0.39 is 91.5 Å². The molecule has 16 nitrogen and oxygen atoms in total. The molecule has 4 N–H and O–H groups in total. The summed E-state index contributed by atoms with van der Waals surface area (Å²) in [6.45, 7) is 2.37. The van der Waals surface area contributed by atoms with Gasteiger partial charge in [0.1, 0.15) is 25.4 Å². The number of carbonyl (C=O) groups excluding carboxylic acids is 3. The fraction of sp³-hybridized carbons (Fsp3) is 0.682. The van der Waals surface area contributed by atoms with Gasteiger partial charge in [0.05, 0.1) is 26.4 Å². The number of aliphatic hydroxyl groups excluding tert-OH is 2. The largest absolute Gasteiger partial charge is 0.472 e. The summed E-state index contributed by atoms with van der Waals surface area (Å²) in [7, 11) is -9.80. The first-order valence-electron chi connectivity index (χ1n) is 40.1. The molecule has 0 aromatic heterocycles. The Morgan fingerprint density at radius 1 is 0.282 bits per heavy atom. The Morgan fingerprint density at radius 2 is 0.515 bits per heavy atom. The van der Waals surface area contributed by atoms with Gasteiger partial charge in [0.25, 0.3) is 0 Å². The zero-order valence-electron chi connectivity index (χ0n) is 64.4. The maximum atomic E-state index is 13.0. The van der Waals surface area contributed by atoms with E-state index in [9.17, 15) is 43.5 Å². The highest BCUT2D eigenvalue weighted by Gasteiger charge is 2.29. The molecule has 103 heavy (non-hydrogen) atoms. The van der Waals surface area contributed by atoms with Crippen molar-refractivity contribution in [3.05, 3.63) is 146 Å². The molecular weight excluding hydrogens is 1340 g/mol. The standard InChI is InChI=1S/C85H144O16P2/c1-4-7-10-13-16-19-22-25-27-29-31-33-35-37-39-41-43-45-47-49-51-54-56-59-62-65-68-71-83(88)95-74-80(86)75-97-102(91,92)98-76-81(87)77-99-103(93,94)100-79-82(101-85(90)73-70-67-64-61-58-53-24-21-18-15-12-9-6-3)78-96-84(89)72-69-66-63-60-57-55-52-50-48-46-44-42-40-38-36-34-32-30-28-26-23-20-17-14-11-8-5-2/h7-8,10-12,15-17,19-21,24-28,31-34,37-40,80-82,86-87H,4-6,9,13-14,18,22-23,29-30,35-36,41-79H2,1-3H3,(H,91,92)(H,93,94)/b10-7-,11-8-,15-12-,19-16-,20-17-,24-21-,27-25-,28-26-,33-31-,34-32-,39-37-,40-38-. The number of allylic oxidation sites excluding steroid dienone is 24. The molecule has 0 rings (SSSR count). The van der Waals surface area contributed by atoms with Crippen LogP contribution in [0.5, 0.6) is 0 Å². The van der Waals surface area contributed by atoms with Crippen LogP contribution >= 0.6 is 15.6 Å². The van der Waals surface area contributed by atoms with E-state index in [0.717, 1.165) is 173 Å². The molecule has 0 fully saturated rings. The maximum Gasteiger partial charge on any atom is 0.472 e. The van der Waals surface area contributed by atoms with Crippen molar-refractivity contribution in [2.75, 3.05) is 39.6 Å². The monoisotopic (exact) mass is 1480 g/mol. The quantitative estimate of drug-likeness (QED) is 0.0146. The fourth-order valence-corrected chi connectivity index (χ4v) is 12.1. The zero-order chi connectivity index (χ0) is 75.2. The normalized spacial score (nSPS) is 14.7. The third kappa shape index (κ3) is 78.3. The number of hydrogen-bond donors (Lipinski definition) is 4. The molecule has 18 heteroatoms. The van der Waals surface area contributed by atoms with Gasteiger partial charge in [-0.15, -0.1) is 0 Å². The number of unbranched alkanes of at least 4 members (excludes halogenated alkanes) is 28. The minimum Gasteiger partial charge on any atom is -0.463 e. The Labute approximate surface area is 626 Å². The van der Waals surface area contributed by atoms with Gasteiger partial charge in [0.2, 0.25) is 0 Å². The third-order valence-corrected chi connectivity index (χ3v) is 18.4. The second kappa shape index (κ2) is 77.1. The van der Waals surface area contributed by atoms with Crippen molar-refractivity contribution in [2.24, 2.45) is 0 Å². The molecule has 0 aliphatic rings. The smallest absolute Gasteiger partial charge is 0.463 e.